The molecular weight excluding hydrogens is 321 g/mol. The Morgan fingerprint density at radius 2 is 2.13 bits per heavy atom. The first-order valence-electron chi connectivity index (χ1n) is 4.94. The number of hydrogen-bond acceptors (Lipinski definition) is 4. The Bertz CT molecular complexity index is 331. The third kappa shape index (κ3) is 3.79. The van der Waals surface area contributed by atoms with Gasteiger partial charge >= 0.3 is 0 Å². The first-order valence-corrected chi connectivity index (χ1v) is 7.42. The van der Waals surface area contributed by atoms with Gasteiger partial charge in [0.2, 0.25) is 0 Å². The van der Waals surface area contributed by atoms with Crippen molar-refractivity contribution in [2.24, 2.45) is 0 Å². The predicted molar refractivity (Wildman–Crippen MR) is 75.5 cm³/mol. The number of aromatic nitrogens is 2. The van der Waals surface area contributed by atoms with Crippen LogP contribution in [-0.2, 0) is 5.75 Å². The molecule has 0 amide bonds. The average Bonchev–Trinajstić information content (AvgIpc) is 2.21. The summed E-state index contributed by atoms with van der Waals surface area (Å²) in [6.07, 6.45) is 3.17. The van der Waals surface area contributed by atoms with Crippen LogP contribution >= 0.6 is 34.4 Å². The molecule has 0 atom stereocenters. The summed E-state index contributed by atoms with van der Waals surface area (Å²) in [4.78, 5) is 8.96. The number of halogens is 1. The molecular formula is C10H16IN3S. The van der Waals surface area contributed by atoms with E-state index in [2.05, 4.69) is 51.1 Å². The molecule has 5 heteroatoms. The number of aryl methyl sites for hydroxylation is 1. The maximum atomic E-state index is 4.51. The van der Waals surface area contributed by atoms with Gasteiger partial charge in [-0.15, -0.1) is 0 Å². The van der Waals surface area contributed by atoms with E-state index in [1.165, 1.54) is 0 Å². The van der Waals surface area contributed by atoms with Gasteiger partial charge in [-0.2, -0.15) is 11.8 Å². The summed E-state index contributed by atoms with van der Waals surface area (Å²) in [5.74, 6) is 2.77. The Morgan fingerprint density at radius 3 is 2.73 bits per heavy atom. The van der Waals surface area contributed by atoms with E-state index in [0.717, 1.165) is 39.6 Å². The summed E-state index contributed by atoms with van der Waals surface area (Å²) in [7, 11) is 0. The number of thioether (sulfide) groups is 1. The van der Waals surface area contributed by atoms with Crippen LogP contribution in [0.5, 0.6) is 0 Å². The van der Waals surface area contributed by atoms with Crippen molar-refractivity contribution in [3.63, 3.8) is 0 Å². The van der Waals surface area contributed by atoms with E-state index >= 15 is 0 Å². The van der Waals surface area contributed by atoms with Crippen LogP contribution in [0.15, 0.2) is 0 Å². The van der Waals surface area contributed by atoms with E-state index < -0.39 is 0 Å². The molecule has 0 saturated heterocycles. The van der Waals surface area contributed by atoms with Crippen molar-refractivity contribution in [3.8, 4) is 0 Å². The Kier molecular flexibility index (Phi) is 5.66. The zero-order valence-corrected chi connectivity index (χ0v) is 12.3. The molecule has 1 heterocycles. The van der Waals surface area contributed by atoms with Crippen LogP contribution in [0.2, 0.25) is 0 Å². The quantitative estimate of drug-likeness (QED) is 0.838. The molecule has 0 spiro atoms. The molecule has 0 aliphatic heterocycles. The molecule has 15 heavy (non-hydrogen) atoms. The monoisotopic (exact) mass is 337 g/mol. The Morgan fingerprint density at radius 1 is 1.40 bits per heavy atom. The van der Waals surface area contributed by atoms with Crippen LogP contribution in [0, 0.1) is 10.5 Å². The molecule has 1 aromatic heterocycles. The normalized spacial score (nSPS) is 10.4. The predicted octanol–water partition coefficient (Wildman–Crippen LogP) is 3.07. The molecule has 1 rings (SSSR count). The molecule has 1 aromatic rings. The highest BCUT2D eigenvalue weighted by atomic mass is 127. The van der Waals surface area contributed by atoms with Crippen molar-refractivity contribution in [1.29, 1.82) is 0 Å². The molecule has 3 nitrogen and oxygen atoms in total. The fourth-order valence-corrected chi connectivity index (χ4v) is 1.99. The van der Waals surface area contributed by atoms with E-state index in [4.69, 9.17) is 0 Å². The molecule has 1 N–H and O–H groups in total. The van der Waals surface area contributed by atoms with Gasteiger partial charge in [0, 0.05) is 6.54 Å². The van der Waals surface area contributed by atoms with E-state index in [9.17, 15) is 0 Å². The summed E-state index contributed by atoms with van der Waals surface area (Å²) in [5.41, 5.74) is 1.06. The van der Waals surface area contributed by atoms with Gasteiger partial charge in [-0.1, -0.05) is 6.92 Å². The van der Waals surface area contributed by atoms with Crippen LogP contribution in [0.4, 0.5) is 5.82 Å². The lowest BCUT2D eigenvalue weighted by Crippen LogP contribution is -2.08. The zero-order valence-electron chi connectivity index (χ0n) is 9.30. The average molecular weight is 337 g/mol. The van der Waals surface area contributed by atoms with Gasteiger partial charge in [-0.3, -0.25) is 0 Å². The summed E-state index contributed by atoms with van der Waals surface area (Å²) in [6, 6.07) is 0. The molecule has 0 aliphatic rings. The van der Waals surface area contributed by atoms with Gasteiger partial charge in [0.1, 0.15) is 11.6 Å². The minimum absolute atomic E-state index is 0.874. The molecule has 84 valence electrons. The fourth-order valence-electron chi connectivity index (χ4n) is 1.17. The van der Waals surface area contributed by atoms with Crippen molar-refractivity contribution in [1.82, 2.24) is 9.97 Å². The second kappa shape index (κ2) is 6.52. The maximum Gasteiger partial charge on any atom is 0.143 e. The highest BCUT2D eigenvalue weighted by molar-refractivity contribution is 14.1. The van der Waals surface area contributed by atoms with E-state index in [-0.39, 0.29) is 0 Å². The highest BCUT2D eigenvalue weighted by Crippen LogP contribution is 2.19. The van der Waals surface area contributed by atoms with Gasteiger partial charge in [-0.05, 0) is 42.2 Å². The maximum absolute atomic E-state index is 4.51. The van der Waals surface area contributed by atoms with Crippen molar-refractivity contribution in [2.45, 2.75) is 26.0 Å². The smallest absolute Gasteiger partial charge is 0.143 e. The van der Waals surface area contributed by atoms with Crippen LogP contribution in [-0.4, -0.2) is 22.8 Å². The van der Waals surface area contributed by atoms with Crippen molar-refractivity contribution in [3.05, 3.63) is 15.1 Å². The minimum atomic E-state index is 0.874. The van der Waals surface area contributed by atoms with Crippen LogP contribution < -0.4 is 5.32 Å². The van der Waals surface area contributed by atoms with E-state index in [0.29, 0.717) is 0 Å². The standard InChI is InChI=1S/C10H16IN3S/c1-4-5-12-10-9(11)7(2)13-8(14-10)6-15-3/h4-6H2,1-3H3,(H,12,13,14). The lowest BCUT2D eigenvalue weighted by molar-refractivity contribution is 0.934. The van der Waals surface area contributed by atoms with Gasteiger partial charge < -0.3 is 5.32 Å². The second-order valence-corrected chi connectivity index (χ2v) is 5.19. The largest absolute Gasteiger partial charge is 0.369 e. The number of nitrogens with one attached hydrogen (secondary N) is 1. The summed E-state index contributed by atoms with van der Waals surface area (Å²) < 4.78 is 1.13. The van der Waals surface area contributed by atoms with Gasteiger partial charge in [0.25, 0.3) is 0 Å². The van der Waals surface area contributed by atoms with Crippen molar-refractivity contribution < 1.29 is 0 Å². The Labute approximate surface area is 109 Å². The van der Waals surface area contributed by atoms with Gasteiger partial charge in [0.05, 0.1) is 15.0 Å². The SMILES string of the molecule is CCCNc1nc(CSC)nc(C)c1I. The third-order valence-corrected chi connectivity index (χ3v) is 3.72. The first-order chi connectivity index (χ1) is 7.19. The highest BCUT2D eigenvalue weighted by Gasteiger charge is 2.08. The number of nitrogens with zero attached hydrogens (tertiary/aromatic N) is 2. The van der Waals surface area contributed by atoms with Gasteiger partial charge in [-0.25, -0.2) is 9.97 Å². The van der Waals surface area contributed by atoms with E-state index in [1.54, 1.807) is 11.8 Å². The van der Waals surface area contributed by atoms with Crippen molar-refractivity contribution in [2.75, 3.05) is 18.1 Å². The van der Waals surface area contributed by atoms with Crippen LogP contribution in [0.1, 0.15) is 24.9 Å². The molecule has 0 aromatic carbocycles. The minimum Gasteiger partial charge on any atom is -0.369 e. The number of anilines is 1. The second-order valence-electron chi connectivity index (χ2n) is 3.25. The zero-order chi connectivity index (χ0) is 11.3. The molecule has 0 aliphatic carbocycles. The number of hydrogen-bond donors (Lipinski definition) is 1. The molecule has 0 saturated carbocycles. The third-order valence-electron chi connectivity index (χ3n) is 1.88. The molecule has 0 radical (unpaired) electrons. The van der Waals surface area contributed by atoms with Gasteiger partial charge in [0.15, 0.2) is 0 Å². The topological polar surface area (TPSA) is 37.8 Å². The summed E-state index contributed by atoms with van der Waals surface area (Å²) in [5, 5.41) is 3.33. The molecule has 0 bridgehead atoms. The lowest BCUT2D eigenvalue weighted by Gasteiger charge is -2.10. The van der Waals surface area contributed by atoms with Crippen LogP contribution in [0.25, 0.3) is 0 Å². The fraction of sp³-hybridized carbons (Fsp3) is 0.600. The molecule has 0 unspecified atom stereocenters. The Hall–Kier alpha value is -0.0400. The van der Waals surface area contributed by atoms with Crippen LogP contribution in [0.3, 0.4) is 0 Å². The van der Waals surface area contributed by atoms with E-state index in [1.807, 2.05) is 6.92 Å². The Balaban J connectivity index is 2.91. The van der Waals surface area contributed by atoms with Crippen molar-refractivity contribution >= 4 is 40.2 Å². The summed E-state index contributed by atoms with van der Waals surface area (Å²) >= 11 is 4.04. The molecule has 0 fully saturated rings. The first kappa shape index (κ1) is 13.0. The lowest BCUT2D eigenvalue weighted by atomic mass is 10.4. The summed E-state index contributed by atoms with van der Waals surface area (Å²) in [6.45, 7) is 5.15. The number of rotatable bonds is 5.